The number of anilines is 1. The van der Waals surface area contributed by atoms with Gasteiger partial charge in [-0.15, -0.1) is 0 Å². The normalized spacial score (nSPS) is 11.9. The summed E-state index contributed by atoms with van der Waals surface area (Å²) in [5, 5.41) is 11.9. The van der Waals surface area contributed by atoms with Crippen LogP contribution in [0.2, 0.25) is 0 Å². The molecule has 12 heteroatoms. The molecule has 0 atom stereocenters. The number of hydrogen-bond donors (Lipinski definition) is 3. The standard InChI is InChI=1S/C31H28FN7O3S/c1-17(2)31(40)36-23-9-20(12-33-14-23)21-10-25-29(38-39-30(25)35-13-21)27-11-24-26(15-34-16-28(24)37-27)19-6-18(7-22(32)8-19)4-5-43(3,41)42/h6-17,37H,4-5H2,1-3H3,(H,36,40)(H,35,38,39). The quantitative estimate of drug-likeness (QED) is 0.208. The van der Waals surface area contributed by atoms with Gasteiger partial charge in [0.1, 0.15) is 15.7 Å². The molecule has 0 unspecified atom stereocenters. The molecule has 1 aromatic carbocycles. The highest BCUT2D eigenvalue weighted by molar-refractivity contribution is 7.90. The van der Waals surface area contributed by atoms with Crippen LogP contribution in [-0.4, -0.2) is 56.5 Å². The van der Waals surface area contributed by atoms with Crippen LogP contribution in [0.1, 0.15) is 19.4 Å². The van der Waals surface area contributed by atoms with Gasteiger partial charge in [0.05, 0.1) is 40.7 Å². The molecule has 1 amide bonds. The Labute approximate surface area is 246 Å². The average Bonchev–Trinajstić information content (AvgIpc) is 3.59. The highest BCUT2D eigenvalue weighted by Crippen LogP contribution is 2.35. The fraction of sp³-hybridized carbons (Fsp3) is 0.194. The highest BCUT2D eigenvalue weighted by Gasteiger charge is 2.17. The minimum Gasteiger partial charge on any atom is -0.352 e. The SMILES string of the molecule is CC(C)C(=O)Nc1cncc(-c2cnc3n[nH]c(-c4cc5c(-c6cc(F)cc(CCS(C)(=O)=O)c6)cncc5[nH]4)c3c2)c1. The number of halogens is 1. The van der Waals surface area contributed by atoms with E-state index in [9.17, 15) is 17.6 Å². The van der Waals surface area contributed by atoms with Crippen molar-refractivity contribution in [2.75, 3.05) is 17.3 Å². The first-order chi connectivity index (χ1) is 20.5. The molecule has 218 valence electrons. The molecule has 6 rings (SSSR count). The average molecular weight is 598 g/mol. The van der Waals surface area contributed by atoms with Crippen molar-refractivity contribution >= 4 is 43.4 Å². The summed E-state index contributed by atoms with van der Waals surface area (Å²) in [4.78, 5) is 28.7. The van der Waals surface area contributed by atoms with E-state index in [1.807, 2.05) is 32.0 Å². The van der Waals surface area contributed by atoms with Gasteiger partial charge in [-0.2, -0.15) is 5.10 Å². The van der Waals surface area contributed by atoms with Gasteiger partial charge in [-0.05, 0) is 47.9 Å². The van der Waals surface area contributed by atoms with Crippen molar-refractivity contribution in [1.29, 1.82) is 0 Å². The number of pyridine rings is 3. The predicted molar refractivity (Wildman–Crippen MR) is 164 cm³/mol. The number of hydrogen-bond acceptors (Lipinski definition) is 7. The molecule has 3 N–H and O–H groups in total. The molecular formula is C31H28FN7O3S. The van der Waals surface area contributed by atoms with Gasteiger partial charge in [0.2, 0.25) is 5.91 Å². The largest absolute Gasteiger partial charge is 0.352 e. The lowest BCUT2D eigenvalue weighted by atomic mass is 10.0. The lowest BCUT2D eigenvalue weighted by Crippen LogP contribution is -2.17. The summed E-state index contributed by atoms with van der Waals surface area (Å²) in [6.07, 6.45) is 9.74. The first kappa shape index (κ1) is 28.2. The molecule has 0 saturated carbocycles. The van der Waals surface area contributed by atoms with Gasteiger partial charge in [-0.1, -0.05) is 19.9 Å². The molecule has 0 spiro atoms. The summed E-state index contributed by atoms with van der Waals surface area (Å²) >= 11 is 0. The van der Waals surface area contributed by atoms with E-state index >= 15 is 0 Å². The molecule has 0 aliphatic heterocycles. The van der Waals surface area contributed by atoms with Crippen LogP contribution >= 0.6 is 0 Å². The Morgan fingerprint density at radius 3 is 2.51 bits per heavy atom. The number of sulfone groups is 1. The van der Waals surface area contributed by atoms with Gasteiger partial charge >= 0.3 is 0 Å². The van der Waals surface area contributed by atoms with Crippen molar-refractivity contribution in [3.8, 4) is 33.6 Å². The minimum atomic E-state index is -3.19. The van der Waals surface area contributed by atoms with Gasteiger partial charge < -0.3 is 10.3 Å². The van der Waals surface area contributed by atoms with Crippen LogP contribution in [-0.2, 0) is 21.1 Å². The van der Waals surface area contributed by atoms with E-state index in [1.165, 1.54) is 12.1 Å². The number of aromatic nitrogens is 6. The first-order valence-electron chi connectivity index (χ1n) is 13.6. The van der Waals surface area contributed by atoms with Crippen molar-refractivity contribution < 1.29 is 17.6 Å². The minimum absolute atomic E-state index is 0.0670. The molecule has 0 radical (unpaired) electrons. The predicted octanol–water partition coefficient (Wildman–Crippen LogP) is 5.55. The van der Waals surface area contributed by atoms with E-state index in [4.69, 9.17) is 0 Å². The Balaban J connectivity index is 1.38. The number of benzene rings is 1. The molecule has 0 fully saturated rings. The maximum absolute atomic E-state index is 14.6. The summed E-state index contributed by atoms with van der Waals surface area (Å²) < 4.78 is 37.9. The molecule has 0 bridgehead atoms. The molecular weight excluding hydrogens is 569 g/mol. The summed E-state index contributed by atoms with van der Waals surface area (Å²) in [5.41, 5.74) is 6.76. The Kier molecular flexibility index (Phi) is 7.22. The second kappa shape index (κ2) is 11.0. The number of nitrogens with zero attached hydrogens (tertiary/aromatic N) is 4. The van der Waals surface area contributed by atoms with Crippen molar-refractivity contribution in [3.63, 3.8) is 0 Å². The van der Waals surface area contributed by atoms with Crippen LogP contribution in [0.5, 0.6) is 0 Å². The van der Waals surface area contributed by atoms with Crippen LogP contribution in [0.4, 0.5) is 10.1 Å². The molecule has 5 aromatic heterocycles. The summed E-state index contributed by atoms with van der Waals surface area (Å²) in [6.45, 7) is 3.65. The van der Waals surface area contributed by atoms with Crippen molar-refractivity contribution in [3.05, 3.63) is 78.8 Å². The monoisotopic (exact) mass is 597 g/mol. The zero-order chi connectivity index (χ0) is 30.3. The Morgan fingerprint density at radius 1 is 0.930 bits per heavy atom. The number of H-pyrrole nitrogens is 2. The van der Waals surface area contributed by atoms with Crippen LogP contribution in [0.15, 0.2) is 67.4 Å². The number of amides is 1. The highest BCUT2D eigenvalue weighted by atomic mass is 32.2. The van der Waals surface area contributed by atoms with Gasteiger partial charge in [-0.3, -0.25) is 19.9 Å². The van der Waals surface area contributed by atoms with Gasteiger partial charge in [-0.25, -0.2) is 17.8 Å². The smallest absolute Gasteiger partial charge is 0.226 e. The third-order valence-corrected chi connectivity index (χ3v) is 8.06. The van der Waals surface area contributed by atoms with E-state index in [0.717, 1.165) is 39.4 Å². The molecule has 10 nitrogen and oxygen atoms in total. The number of carbonyl (C=O) groups is 1. The van der Waals surface area contributed by atoms with Crippen LogP contribution < -0.4 is 5.32 Å². The fourth-order valence-corrected chi connectivity index (χ4v) is 5.49. The van der Waals surface area contributed by atoms with E-state index in [0.29, 0.717) is 33.7 Å². The van der Waals surface area contributed by atoms with Crippen molar-refractivity contribution in [2.24, 2.45) is 5.92 Å². The topological polar surface area (TPSA) is 146 Å². The van der Waals surface area contributed by atoms with Crippen LogP contribution in [0.25, 0.3) is 55.6 Å². The summed E-state index contributed by atoms with van der Waals surface area (Å²) in [5.74, 6) is -0.775. The zero-order valence-corrected chi connectivity index (χ0v) is 24.5. The summed E-state index contributed by atoms with van der Waals surface area (Å²) in [7, 11) is -3.19. The van der Waals surface area contributed by atoms with E-state index in [-0.39, 0.29) is 24.0 Å². The van der Waals surface area contributed by atoms with Gasteiger partial charge in [0, 0.05) is 58.2 Å². The molecule has 0 aliphatic rings. The fourth-order valence-electron chi connectivity index (χ4n) is 4.88. The Morgan fingerprint density at radius 2 is 1.72 bits per heavy atom. The first-order valence-corrected chi connectivity index (χ1v) is 15.7. The number of nitrogens with one attached hydrogen (secondary N) is 3. The van der Waals surface area contributed by atoms with Crippen molar-refractivity contribution in [1.82, 2.24) is 30.1 Å². The number of aryl methyl sites for hydroxylation is 1. The maximum Gasteiger partial charge on any atom is 0.226 e. The molecule has 43 heavy (non-hydrogen) atoms. The number of fused-ring (bicyclic) bond motifs is 2. The lowest BCUT2D eigenvalue weighted by Gasteiger charge is -2.09. The Bertz CT molecular complexity index is 2120. The maximum atomic E-state index is 14.6. The second-order valence-corrected chi connectivity index (χ2v) is 13.1. The lowest BCUT2D eigenvalue weighted by molar-refractivity contribution is -0.118. The number of carbonyl (C=O) groups excluding carboxylic acids is 1. The van der Waals surface area contributed by atoms with Crippen LogP contribution in [0, 0.1) is 11.7 Å². The molecule has 6 aromatic rings. The Hall–Kier alpha value is -4.97. The third-order valence-electron chi connectivity index (χ3n) is 7.12. The number of aromatic amines is 2. The van der Waals surface area contributed by atoms with Crippen LogP contribution in [0.3, 0.4) is 0 Å². The van der Waals surface area contributed by atoms with Gasteiger partial charge in [0.15, 0.2) is 5.65 Å². The third kappa shape index (κ3) is 6.00. The van der Waals surface area contributed by atoms with E-state index < -0.39 is 15.7 Å². The van der Waals surface area contributed by atoms with Gasteiger partial charge in [0.25, 0.3) is 0 Å². The second-order valence-electron chi connectivity index (χ2n) is 10.9. The zero-order valence-electron chi connectivity index (χ0n) is 23.6. The molecule has 5 heterocycles. The molecule has 0 saturated heterocycles. The van der Waals surface area contributed by atoms with E-state index in [2.05, 4.69) is 35.5 Å². The molecule has 0 aliphatic carbocycles. The van der Waals surface area contributed by atoms with E-state index in [1.54, 1.807) is 37.1 Å². The number of rotatable bonds is 8. The van der Waals surface area contributed by atoms with Crippen molar-refractivity contribution in [2.45, 2.75) is 20.3 Å². The summed E-state index contributed by atoms with van der Waals surface area (Å²) in [6, 6.07) is 10.3.